The van der Waals surface area contributed by atoms with Gasteiger partial charge in [-0.15, -0.1) is 11.3 Å². The summed E-state index contributed by atoms with van der Waals surface area (Å²) in [5, 5.41) is 11.9. The van der Waals surface area contributed by atoms with Gasteiger partial charge in [0.05, 0.1) is 17.3 Å². The second kappa shape index (κ2) is 5.57. The van der Waals surface area contributed by atoms with Crippen molar-refractivity contribution < 1.29 is 9.90 Å². The predicted molar refractivity (Wildman–Crippen MR) is 65.7 cm³/mol. The van der Waals surface area contributed by atoms with Crippen molar-refractivity contribution in [2.24, 2.45) is 0 Å². The SMILES string of the molecule is CC(=O)N1CCN(Cc2cscn2)C[C@H](O)C1. The van der Waals surface area contributed by atoms with Crippen LogP contribution < -0.4 is 0 Å². The van der Waals surface area contributed by atoms with Crippen molar-refractivity contribution >= 4 is 17.2 Å². The van der Waals surface area contributed by atoms with E-state index < -0.39 is 6.10 Å². The number of rotatable bonds is 2. The van der Waals surface area contributed by atoms with Gasteiger partial charge in [-0.05, 0) is 0 Å². The molecule has 94 valence electrons. The molecular weight excluding hydrogens is 238 g/mol. The molecule has 1 N–H and O–H groups in total. The van der Waals surface area contributed by atoms with Crippen LogP contribution in [0.4, 0.5) is 0 Å². The second-order valence-corrected chi connectivity index (χ2v) is 5.05. The summed E-state index contributed by atoms with van der Waals surface area (Å²) < 4.78 is 0. The molecule has 1 aromatic rings. The lowest BCUT2D eigenvalue weighted by Crippen LogP contribution is -2.36. The molecular formula is C11H17N3O2S. The molecule has 6 heteroatoms. The molecule has 1 aliphatic rings. The van der Waals surface area contributed by atoms with Crippen molar-refractivity contribution in [3.8, 4) is 0 Å². The van der Waals surface area contributed by atoms with Gasteiger partial charge < -0.3 is 10.0 Å². The van der Waals surface area contributed by atoms with Crippen LogP contribution in [0.15, 0.2) is 10.9 Å². The lowest BCUT2D eigenvalue weighted by Gasteiger charge is -2.19. The number of aromatic nitrogens is 1. The number of thiazole rings is 1. The van der Waals surface area contributed by atoms with E-state index in [2.05, 4.69) is 9.88 Å². The Labute approximate surface area is 105 Å². The molecule has 0 aromatic carbocycles. The number of carbonyl (C=O) groups excluding carboxylic acids is 1. The number of hydrogen-bond donors (Lipinski definition) is 1. The van der Waals surface area contributed by atoms with Crippen molar-refractivity contribution in [3.63, 3.8) is 0 Å². The van der Waals surface area contributed by atoms with Crippen molar-refractivity contribution in [2.45, 2.75) is 19.6 Å². The fraction of sp³-hybridized carbons (Fsp3) is 0.636. The molecule has 5 nitrogen and oxygen atoms in total. The van der Waals surface area contributed by atoms with Gasteiger partial charge in [-0.3, -0.25) is 9.69 Å². The molecule has 1 atom stereocenters. The Balaban J connectivity index is 1.94. The third-order valence-electron chi connectivity index (χ3n) is 2.90. The zero-order chi connectivity index (χ0) is 12.3. The number of β-amino-alcohol motifs (C(OH)–C–C–N with tert-alkyl or cyclic N) is 1. The smallest absolute Gasteiger partial charge is 0.219 e. The van der Waals surface area contributed by atoms with Gasteiger partial charge in [0.2, 0.25) is 5.91 Å². The number of aliphatic hydroxyl groups excluding tert-OH is 1. The molecule has 17 heavy (non-hydrogen) atoms. The summed E-state index contributed by atoms with van der Waals surface area (Å²) >= 11 is 1.57. The van der Waals surface area contributed by atoms with Crippen LogP contribution in [0.3, 0.4) is 0 Å². The number of carbonyl (C=O) groups is 1. The van der Waals surface area contributed by atoms with Gasteiger partial charge in [0, 0.05) is 45.0 Å². The van der Waals surface area contributed by atoms with Crippen LogP contribution in [-0.4, -0.2) is 58.1 Å². The number of aliphatic hydroxyl groups is 1. The van der Waals surface area contributed by atoms with Crippen molar-refractivity contribution in [2.75, 3.05) is 26.2 Å². The Kier molecular flexibility index (Phi) is 4.09. The minimum atomic E-state index is -0.472. The van der Waals surface area contributed by atoms with E-state index in [1.807, 2.05) is 10.9 Å². The zero-order valence-corrected chi connectivity index (χ0v) is 10.7. The summed E-state index contributed by atoms with van der Waals surface area (Å²) in [5.41, 5.74) is 2.84. The Bertz CT molecular complexity index is 369. The van der Waals surface area contributed by atoms with Gasteiger partial charge >= 0.3 is 0 Å². The Hall–Kier alpha value is -0.980. The summed E-state index contributed by atoms with van der Waals surface area (Å²) in [6.45, 7) is 4.78. The minimum Gasteiger partial charge on any atom is -0.390 e. The third kappa shape index (κ3) is 3.49. The van der Waals surface area contributed by atoms with Crippen LogP contribution in [0.5, 0.6) is 0 Å². The summed E-state index contributed by atoms with van der Waals surface area (Å²) in [6, 6.07) is 0. The lowest BCUT2D eigenvalue weighted by molar-refractivity contribution is -0.129. The molecule has 1 amide bonds. The molecule has 0 saturated carbocycles. The van der Waals surface area contributed by atoms with Gasteiger partial charge in [-0.1, -0.05) is 0 Å². The van der Waals surface area contributed by atoms with Gasteiger partial charge in [0.15, 0.2) is 0 Å². The molecule has 2 rings (SSSR count). The molecule has 0 unspecified atom stereocenters. The van der Waals surface area contributed by atoms with E-state index in [9.17, 15) is 9.90 Å². The topological polar surface area (TPSA) is 56.7 Å². The molecule has 1 saturated heterocycles. The number of nitrogens with zero attached hydrogens (tertiary/aromatic N) is 3. The van der Waals surface area contributed by atoms with E-state index in [0.29, 0.717) is 19.6 Å². The predicted octanol–water partition coefficient (Wildman–Crippen LogP) is 0.168. The Morgan fingerprint density at radius 3 is 3.06 bits per heavy atom. The Morgan fingerprint density at radius 2 is 2.41 bits per heavy atom. The van der Waals surface area contributed by atoms with E-state index in [-0.39, 0.29) is 5.91 Å². The first-order valence-electron chi connectivity index (χ1n) is 5.68. The fourth-order valence-corrected chi connectivity index (χ4v) is 2.58. The minimum absolute atomic E-state index is 0.0274. The van der Waals surface area contributed by atoms with Gasteiger partial charge in [-0.25, -0.2) is 4.98 Å². The maximum atomic E-state index is 11.3. The highest BCUT2D eigenvalue weighted by Crippen LogP contribution is 2.09. The molecule has 2 heterocycles. The van der Waals surface area contributed by atoms with E-state index in [1.54, 1.807) is 23.2 Å². The monoisotopic (exact) mass is 255 g/mol. The summed E-state index contributed by atoms with van der Waals surface area (Å²) in [4.78, 5) is 19.4. The maximum Gasteiger partial charge on any atom is 0.219 e. The average Bonchev–Trinajstić information content (AvgIpc) is 2.68. The molecule has 1 fully saturated rings. The number of hydrogen-bond acceptors (Lipinski definition) is 5. The molecule has 1 aromatic heterocycles. The van der Waals surface area contributed by atoms with Crippen LogP contribution in [0.1, 0.15) is 12.6 Å². The quantitative estimate of drug-likeness (QED) is 0.818. The van der Waals surface area contributed by atoms with E-state index >= 15 is 0 Å². The van der Waals surface area contributed by atoms with Crippen LogP contribution in [0, 0.1) is 0 Å². The van der Waals surface area contributed by atoms with Crippen LogP contribution in [0.25, 0.3) is 0 Å². The van der Waals surface area contributed by atoms with E-state index in [0.717, 1.165) is 18.8 Å². The summed E-state index contributed by atoms with van der Waals surface area (Å²) in [5.74, 6) is 0.0274. The molecule has 0 aliphatic carbocycles. The molecule has 1 aliphatic heterocycles. The number of amides is 1. The van der Waals surface area contributed by atoms with Crippen LogP contribution in [0.2, 0.25) is 0 Å². The highest BCUT2D eigenvalue weighted by Gasteiger charge is 2.22. The first-order valence-corrected chi connectivity index (χ1v) is 6.62. The largest absolute Gasteiger partial charge is 0.390 e. The first-order chi connectivity index (χ1) is 8.15. The summed E-state index contributed by atoms with van der Waals surface area (Å²) in [7, 11) is 0. The van der Waals surface area contributed by atoms with Crippen LogP contribution in [-0.2, 0) is 11.3 Å². The van der Waals surface area contributed by atoms with Gasteiger partial charge in [0.25, 0.3) is 0 Å². The normalized spacial score (nSPS) is 22.5. The lowest BCUT2D eigenvalue weighted by atomic mass is 10.3. The van der Waals surface area contributed by atoms with E-state index in [4.69, 9.17) is 0 Å². The van der Waals surface area contributed by atoms with Gasteiger partial charge in [-0.2, -0.15) is 0 Å². The van der Waals surface area contributed by atoms with E-state index in [1.165, 1.54) is 0 Å². The highest BCUT2D eigenvalue weighted by molar-refractivity contribution is 7.07. The maximum absolute atomic E-state index is 11.3. The average molecular weight is 255 g/mol. The van der Waals surface area contributed by atoms with Crippen molar-refractivity contribution in [3.05, 3.63) is 16.6 Å². The highest BCUT2D eigenvalue weighted by atomic mass is 32.1. The van der Waals surface area contributed by atoms with Crippen LogP contribution >= 0.6 is 11.3 Å². The van der Waals surface area contributed by atoms with Crippen molar-refractivity contribution in [1.82, 2.24) is 14.8 Å². The zero-order valence-electron chi connectivity index (χ0n) is 9.87. The van der Waals surface area contributed by atoms with Gasteiger partial charge in [0.1, 0.15) is 0 Å². The standard InChI is InChI=1S/C11H17N3O2S/c1-9(15)14-3-2-13(5-11(16)6-14)4-10-7-17-8-12-10/h7-8,11,16H,2-6H2,1H3/t11-/m0/s1. The first kappa shape index (κ1) is 12.5. The van der Waals surface area contributed by atoms with Crippen molar-refractivity contribution in [1.29, 1.82) is 0 Å². The molecule has 0 bridgehead atoms. The molecule has 0 spiro atoms. The second-order valence-electron chi connectivity index (χ2n) is 4.33. The fourth-order valence-electron chi connectivity index (χ4n) is 2.03. The Morgan fingerprint density at radius 1 is 1.59 bits per heavy atom. The summed E-state index contributed by atoms with van der Waals surface area (Å²) in [6.07, 6.45) is -0.472. The third-order valence-corrected chi connectivity index (χ3v) is 3.54. The molecule has 0 radical (unpaired) electrons.